The van der Waals surface area contributed by atoms with Crippen molar-refractivity contribution in [2.75, 3.05) is 20.1 Å². The number of amides is 1. The first-order valence-corrected chi connectivity index (χ1v) is 11.9. The van der Waals surface area contributed by atoms with Gasteiger partial charge in [0.2, 0.25) is 5.91 Å². The maximum absolute atomic E-state index is 15.3. The fourth-order valence-corrected chi connectivity index (χ4v) is 5.80. The van der Waals surface area contributed by atoms with Gasteiger partial charge in [-0.05, 0) is 36.7 Å². The van der Waals surface area contributed by atoms with Gasteiger partial charge in [0.1, 0.15) is 16.8 Å². The summed E-state index contributed by atoms with van der Waals surface area (Å²) in [7, 11) is 3.09. The van der Waals surface area contributed by atoms with Gasteiger partial charge in [0.05, 0.1) is 6.54 Å². The van der Waals surface area contributed by atoms with Crippen molar-refractivity contribution < 1.29 is 22.4 Å². The third kappa shape index (κ3) is 4.66. The first kappa shape index (κ1) is 25.6. The van der Waals surface area contributed by atoms with Gasteiger partial charge in [-0.25, -0.2) is 4.39 Å². The Morgan fingerprint density at radius 2 is 2.14 bits per heavy atom. The highest BCUT2D eigenvalue weighted by Crippen LogP contribution is 2.46. The number of nitriles is 1. The third-order valence-electron chi connectivity index (χ3n) is 6.14. The molecule has 0 saturated carbocycles. The van der Waals surface area contributed by atoms with Crippen molar-refractivity contribution in [1.29, 1.82) is 5.26 Å². The number of alkyl halides is 3. The fourth-order valence-electron chi connectivity index (χ4n) is 4.62. The summed E-state index contributed by atoms with van der Waals surface area (Å²) in [5.74, 6) is -1.74. The Balaban J connectivity index is 1.91. The molecule has 1 atom stereocenters. The number of halogens is 4. The Morgan fingerprint density at radius 3 is 2.81 bits per heavy atom. The van der Waals surface area contributed by atoms with E-state index in [9.17, 15) is 23.2 Å². The SMILES string of the molecule is CNC/C=C/C(=O)N1Cc2sc(C#N)c(C)c2C(c2cccc(F)c2-c2cn(C)nc2C(F)(F)F)C1. The van der Waals surface area contributed by atoms with Gasteiger partial charge in [0, 0.05) is 54.3 Å². The lowest BCUT2D eigenvalue weighted by atomic mass is 9.81. The van der Waals surface area contributed by atoms with Crippen LogP contribution in [0.4, 0.5) is 17.6 Å². The average Bonchev–Trinajstić information content (AvgIpc) is 3.38. The van der Waals surface area contributed by atoms with Gasteiger partial charge in [-0.1, -0.05) is 18.2 Å². The van der Waals surface area contributed by atoms with E-state index in [-0.39, 0.29) is 30.1 Å². The second-order valence-corrected chi connectivity index (χ2v) is 9.61. The minimum atomic E-state index is -4.79. The van der Waals surface area contributed by atoms with Crippen LogP contribution in [0.5, 0.6) is 0 Å². The van der Waals surface area contributed by atoms with Gasteiger partial charge in [-0.3, -0.25) is 9.48 Å². The molecule has 3 heterocycles. The smallest absolute Gasteiger partial charge is 0.333 e. The number of aromatic nitrogens is 2. The number of rotatable bonds is 5. The van der Waals surface area contributed by atoms with E-state index in [1.165, 1.54) is 30.5 Å². The first-order chi connectivity index (χ1) is 17.1. The zero-order valence-electron chi connectivity index (χ0n) is 19.8. The molecular formula is C25H23F4N5OS. The Kier molecular flexibility index (Phi) is 7.02. The van der Waals surface area contributed by atoms with Crippen LogP contribution in [0.15, 0.2) is 36.5 Å². The molecule has 6 nitrogen and oxygen atoms in total. The molecule has 1 unspecified atom stereocenters. The Labute approximate surface area is 209 Å². The average molecular weight is 518 g/mol. The van der Waals surface area contributed by atoms with Crippen LogP contribution in [-0.4, -0.2) is 40.7 Å². The molecule has 2 aromatic heterocycles. The number of fused-ring (bicyclic) bond motifs is 1. The van der Waals surface area contributed by atoms with Crippen LogP contribution in [0.3, 0.4) is 0 Å². The van der Waals surface area contributed by atoms with Crippen molar-refractivity contribution in [2.45, 2.75) is 25.6 Å². The van der Waals surface area contributed by atoms with Crippen LogP contribution in [0.2, 0.25) is 0 Å². The standard InChI is InChI=1S/C25H23F4N5OS/c1-14-19(10-30)36-20-13-34(21(35)8-5-9-31-2)12-16(22(14)20)15-6-4-7-18(26)23(15)17-11-33(3)32-24(17)25(27,28)29/h4-8,11,16,31H,9,12-13H2,1-3H3/b8-5+. The van der Waals surface area contributed by atoms with Gasteiger partial charge in [-0.15, -0.1) is 11.3 Å². The molecule has 0 aliphatic carbocycles. The van der Waals surface area contributed by atoms with E-state index in [0.29, 0.717) is 22.5 Å². The summed E-state index contributed by atoms with van der Waals surface area (Å²) in [5.41, 5.74) is -0.0165. The van der Waals surface area contributed by atoms with E-state index in [4.69, 9.17) is 0 Å². The number of hydrogen-bond acceptors (Lipinski definition) is 5. The molecule has 36 heavy (non-hydrogen) atoms. The lowest BCUT2D eigenvalue weighted by molar-refractivity contribution is -0.141. The number of likely N-dealkylation sites (N-methyl/N-ethyl adjacent to an activating group) is 1. The van der Waals surface area contributed by atoms with E-state index in [0.717, 1.165) is 27.4 Å². The van der Waals surface area contributed by atoms with Gasteiger partial charge >= 0.3 is 6.18 Å². The minimum absolute atomic E-state index is 0.121. The number of carbonyl (C=O) groups excluding carboxylic acids is 1. The molecule has 11 heteroatoms. The molecule has 0 fully saturated rings. The molecular weight excluding hydrogens is 494 g/mol. The number of thiophene rings is 1. The van der Waals surface area contributed by atoms with E-state index in [1.54, 1.807) is 31.0 Å². The van der Waals surface area contributed by atoms with Crippen LogP contribution in [0, 0.1) is 24.1 Å². The van der Waals surface area contributed by atoms with Crippen LogP contribution >= 0.6 is 11.3 Å². The number of hydrogen-bond donors (Lipinski definition) is 1. The Hall–Kier alpha value is -3.49. The highest BCUT2D eigenvalue weighted by molar-refractivity contribution is 7.12. The fraction of sp³-hybridized carbons (Fsp3) is 0.320. The van der Waals surface area contributed by atoms with E-state index >= 15 is 4.39 Å². The second-order valence-electron chi connectivity index (χ2n) is 8.50. The van der Waals surface area contributed by atoms with Crippen LogP contribution in [0.25, 0.3) is 11.1 Å². The lowest BCUT2D eigenvalue weighted by Crippen LogP contribution is -2.37. The third-order valence-corrected chi connectivity index (χ3v) is 7.34. The maximum Gasteiger partial charge on any atom is 0.435 e. The molecule has 1 aliphatic heterocycles. The van der Waals surface area contributed by atoms with E-state index in [1.807, 2.05) is 0 Å². The summed E-state index contributed by atoms with van der Waals surface area (Å²) >= 11 is 1.25. The molecule has 0 spiro atoms. The molecule has 0 saturated heterocycles. The zero-order valence-corrected chi connectivity index (χ0v) is 20.6. The molecule has 3 aromatic rings. The number of aryl methyl sites for hydroxylation is 1. The molecule has 1 amide bonds. The van der Waals surface area contributed by atoms with Gasteiger partial charge in [-0.2, -0.15) is 23.5 Å². The van der Waals surface area contributed by atoms with Crippen molar-refractivity contribution in [3.05, 3.63) is 74.5 Å². The van der Waals surface area contributed by atoms with Crippen molar-refractivity contribution in [1.82, 2.24) is 20.0 Å². The second kappa shape index (κ2) is 9.87. The van der Waals surface area contributed by atoms with Crippen molar-refractivity contribution in [3.63, 3.8) is 0 Å². The van der Waals surface area contributed by atoms with Gasteiger partial charge in [0.25, 0.3) is 0 Å². The molecule has 1 N–H and O–H groups in total. The normalized spacial score (nSPS) is 15.8. The summed E-state index contributed by atoms with van der Waals surface area (Å²) in [6, 6.07) is 6.29. The van der Waals surface area contributed by atoms with Crippen LogP contribution < -0.4 is 5.32 Å². The summed E-state index contributed by atoms with van der Waals surface area (Å²) < 4.78 is 57.8. The van der Waals surface area contributed by atoms with Crippen molar-refractivity contribution in [2.24, 2.45) is 7.05 Å². The summed E-state index contributed by atoms with van der Waals surface area (Å²) in [6.45, 7) is 2.64. The predicted octanol–water partition coefficient (Wildman–Crippen LogP) is 4.74. The topological polar surface area (TPSA) is 74.0 Å². The number of nitrogens with zero attached hydrogens (tertiary/aromatic N) is 4. The highest BCUT2D eigenvalue weighted by atomic mass is 32.1. The Bertz CT molecular complexity index is 1380. The predicted molar refractivity (Wildman–Crippen MR) is 128 cm³/mol. The molecule has 0 bridgehead atoms. The first-order valence-electron chi connectivity index (χ1n) is 11.1. The number of benzene rings is 1. The van der Waals surface area contributed by atoms with Gasteiger partial charge in [0.15, 0.2) is 5.69 Å². The van der Waals surface area contributed by atoms with Crippen molar-refractivity contribution in [3.8, 4) is 17.2 Å². The number of nitrogens with one attached hydrogen (secondary N) is 1. The summed E-state index contributed by atoms with van der Waals surface area (Å²) in [6.07, 6.45) is -0.537. The van der Waals surface area contributed by atoms with E-state index in [2.05, 4.69) is 16.5 Å². The maximum atomic E-state index is 15.3. The van der Waals surface area contributed by atoms with Gasteiger partial charge < -0.3 is 10.2 Å². The summed E-state index contributed by atoms with van der Waals surface area (Å²) in [5, 5.41) is 16.1. The molecule has 1 aromatic carbocycles. The highest BCUT2D eigenvalue weighted by Gasteiger charge is 2.40. The molecule has 4 rings (SSSR count). The monoisotopic (exact) mass is 517 g/mol. The Morgan fingerprint density at radius 1 is 1.39 bits per heavy atom. The summed E-state index contributed by atoms with van der Waals surface area (Å²) in [4.78, 5) is 15.7. The quantitative estimate of drug-likeness (QED) is 0.392. The van der Waals surface area contributed by atoms with Crippen LogP contribution in [0.1, 0.15) is 38.1 Å². The number of carbonyl (C=O) groups is 1. The largest absolute Gasteiger partial charge is 0.435 e. The van der Waals surface area contributed by atoms with Crippen LogP contribution in [-0.2, 0) is 24.6 Å². The van der Waals surface area contributed by atoms with E-state index < -0.39 is 23.6 Å². The molecule has 0 radical (unpaired) electrons. The molecule has 188 valence electrons. The van der Waals surface area contributed by atoms with Crippen molar-refractivity contribution >= 4 is 17.2 Å². The minimum Gasteiger partial charge on any atom is -0.333 e. The molecule has 1 aliphatic rings. The zero-order chi connectivity index (χ0) is 26.2. The lowest BCUT2D eigenvalue weighted by Gasteiger charge is -2.34.